The van der Waals surface area contributed by atoms with Crippen molar-refractivity contribution >= 4 is 17.7 Å². The third kappa shape index (κ3) is 5.90. The molecule has 2 aromatic carbocycles. The molecule has 0 bridgehead atoms. The van der Waals surface area contributed by atoms with Gasteiger partial charge in [0.15, 0.2) is 18.1 Å². The van der Waals surface area contributed by atoms with E-state index >= 15 is 0 Å². The van der Waals surface area contributed by atoms with Crippen LogP contribution in [0.4, 0.5) is 0 Å². The molecule has 0 aliphatic rings. The molecule has 0 unspecified atom stereocenters. The maximum Gasteiger partial charge on any atom is 0.255 e. The summed E-state index contributed by atoms with van der Waals surface area (Å²) in [5.74, 6) is -0.288. The van der Waals surface area contributed by atoms with Gasteiger partial charge in [-0.1, -0.05) is 12.1 Å². The van der Waals surface area contributed by atoms with Crippen LogP contribution in [0, 0.1) is 0 Å². The zero-order valence-electron chi connectivity index (χ0n) is 19.0. The van der Waals surface area contributed by atoms with Crippen molar-refractivity contribution in [2.75, 3.05) is 41.5 Å². The molecule has 3 amide bonds. The van der Waals surface area contributed by atoms with Crippen molar-refractivity contribution < 1.29 is 28.6 Å². The SMILES string of the molecule is CCN(Cc1ccc(C(=O)N(C)C)cc1)C(=O)c1cc(OC)c(OCC(N)=O)c(OC)c1. The largest absolute Gasteiger partial charge is 0.493 e. The normalized spacial score (nSPS) is 10.3. The molecule has 0 atom stereocenters. The summed E-state index contributed by atoms with van der Waals surface area (Å²) in [7, 11) is 6.24. The van der Waals surface area contributed by atoms with Crippen LogP contribution < -0.4 is 19.9 Å². The van der Waals surface area contributed by atoms with Crippen LogP contribution in [0.15, 0.2) is 36.4 Å². The van der Waals surface area contributed by atoms with Crippen molar-refractivity contribution in [1.29, 1.82) is 0 Å². The highest BCUT2D eigenvalue weighted by Gasteiger charge is 2.21. The number of hydrogen-bond acceptors (Lipinski definition) is 6. The minimum Gasteiger partial charge on any atom is -0.493 e. The fourth-order valence-electron chi connectivity index (χ4n) is 3.03. The predicted molar refractivity (Wildman–Crippen MR) is 119 cm³/mol. The highest BCUT2D eigenvalue weighted by molar-refractivity contribution is 5.96. The maximum absolute atomic E-state index is 13.2. The van der Waals surface area contributed by atoms with Crippen LogP contribution in [0.2, 0.25) is 0 Å². The van der Waals surface area contributed by atoms with E-state index in [1.165, 1.54) is 31.3 Å². The van der Waals surface area contributed by atoms with Crippen molar-refractivity contribution in [2.24, 2.45) is 5.73 Å². The Morgan fingerprint density at radius 3 is 1.91 bits per heavy atom. The molecule has 0 radical (unpaired) electrons. The molecule has 0 spiro atoms. The van der Waals surface area contributed by atoms with Crippen molar-refractivity contribution in [3.63, 3.8) is 0 Å². The van der Waals surface area contributed by atoms with Gasteiger partial charge >= 0.3 is 0 Å². The van der Waals surface area contributed by atoms with Gasteiger partial charge in [-0.05, 0) is 36.8 Å². The third-order valence-electron chi connectivity index (χ3n) is 4.72. The summed E-state index contributed by atoms with van der Waals surface area (Å²) < 4.78 is 16.1. The second-order valence-electron chi connectivity index (χ2n) is 7.18. The Balaban J connectivity index is 2.27. The Bertz CT molecular complexity index is 947. The standard InChI is InChI=1S/C23H29N3O6/c1-6-26(13-15-7-9-16(10-8-15)22(28)25(2)3)23(29)17-11-18(30-4)21(19(12-17)31-5)32-14-20(24)27/h7-12H,6,13-14H2,1-5H3,(H2,24,27). The molecule has 2 rings (SSSR count). The Morgan fingerprint density at radius 1 is 0.906 bits per heavy atom. The second kappa shape index (κ2) is 11.0. The van der Waals surface area contributed by atoms with E-state index in [1.807, 2.05) is 19.1 Å². The van der Waals surface area contributed by atoms with Crippen LogP contribution in [0.1, 0.15) is 33.2 Å². The van der Waals surface area contributed by atoms with E-state index in [2.05, 4.69) is 0 Å². The lowest BCUT2D eigenvalue weighted by Crippen LogP contribution is -2.30. The molecule has 0 aliphatic carbocycles. The van der Waals surface area contributed by atoms with Crippen molar-refractivity contribution in [3.05, 3.63) is 53.1 Å². The van der Waals surface area contributed by atoms with Gasteiger partial charge in [-0.25, -0.2) is 0 Å². The van der Waals surface area contributed by atoms with E-state index in [0.29, 0.717) is 24.2 Å². The van der Waals surface area contributed by atoms with E-state index in [-0.39, 0.29) is 35.7 Å². The average Bonchev–Trinajstić information content (AvgIpc) is 2.79. The number of benzene rings is 2. The van der Waals surface area contributed by atoms with Gasteiger partial charge in [-0.15, -0.1) is 0 Å². The molecule has 0 fully saturated rings. The molecule has 172 valence electrons. The molecule has 2 aromatic rings. The van der Waals surface area contributed by atoms with Crippen molar-refractivity contribution in [2.45, 2.75) is 13.5 Å². The molecule has 9 heteroatoms. The first-order chi connectivity index (χ1) is 15.2. The summed E-state index contributed by atoms with van der Waals surface area (Å²) in [6.45, 7) is 2.34. The monoisotopic (exact) mass is 443 g/mol. The van der Waals surface area contributed by atoms with Gasteiger partial charge in [-0.2, -0.15) is 0 Å². The first kappa shape index (κ1) is 24.5. The van der Waals surface area contributed by atoms with E-state index in [1.54, 1.807) is 31.1 Å². The molecule has 0 saturated carbocycles. The van der Waals surface area contributed by atoms with Gasteiger partial charge in [0, 0.05) is 38.3 Å². The van der Waals surface area contributed by atoms with Gasteiger partial charge < -0.3 is 29.7 Å². The molecule has 32 heavy (non-hydrogen) atoms. The number of nitrogens with two attached hydrogens (primary N) is 1. The van der Waals surface area contributed by atoms with Crippen LogP contribution in [0.25, 0.3) is 0 Å². The van der Waals surface area contributed by atoms with E-state index in [9.17, 15) is 14.4 Å². The van der Waals surface area contributed by atoms with Gasteiger partial charge in [0.1, 0.15) is 0 Å². The molecule has 0 aliphatic heterocycles. The zero-order valence-corrected chi connectivity index (χ0v) is 19.0. The van der Waals surface area contributed by atoms with Gasteiger partial charge in [0.05, 0.1) is 14.2 Å². The Hall–Kier alpha value is -3.75. The van der Waals surface area contributed by atoms with Gasteiger partial charge in [0.2, 0.25) is 5.75 Å². The van der Waals surface area contributed by atoms with Crippen LogP contribution in [0.5, 0.6) is 17.2 Å². The van der Waals surface area contributed by atoms with E-state index < -0.39 is 5.91 Å². The zero-order chi connectivity index (χ0) is 23.8. The highest BCUT2D eigenvalue weighted by atomic mass is 16.5. The van der Waals surface area contributed by atoms with Crippen LogP contribution >= 0.6 is 0 Å². The highest BCUT2D eigenvalue weighted by Crippen LogP contribution is 2.39. The average molecular weight is 444 g/mol. The lowest BCUT2D eigenvalue weighted by molar-refractivity contribution is -0.120. The van der Waals surface area contributed by atoms with E-state index in [4.69, 9.17) is 19.9 Å². The number of rotatable bonds is 10. The maximum atomic E-state index is 13.2. The van der Waals surface area contributed by atoms with Crippen LogP contribution in [-0.4, -0.2) is 69.0 Å². The molecule has 9 nitrogen and oxygen atoms in total. The summed E-state index contributed by atoms with van der Waals surface area (Å²) >= 11 is 0. The molecular formula is C23H29N3O6. The number of primary amides is 1. The molecule has 0 aromatic heterocycles. The number of amides is 3. The van der Waals surface area contributed by atoms with Crippen LogP contribution in [0.3, 0.4) is 0 Å². The van der Waals surface area contributed by atoms with Crippen molar-refractivity contribution in [1.82, 2.24) is 9.80 Å². The smallest absolute Gasteiger partial charge is 0.255 e. The van der Waals surface area contributed by atoms with Gasteiger partial charge in [-0.3, -0.25) is 14.4 Å². The topological polar surface area (TPSA) is 111 Å². The fourth-order valence-corrected chi connectivity index (χ4v) is 3.03. The molecule has 2 N–H and O–H groups in total. The van der Waals surface area contributed by atoms with Crippen LogP contribution in [-0.2, 0) is 11.3 Å². The minimum absolute atomic E-state index is 0.0854. The number of nitrogens with zero attached hydrogens (tertiary/aromatic N) is 2. The quantitative estimate of drug-likeness (QED) is 0.601. The summed E-state index contributed by atoms with van der Waals surface area (Å²) in [4.78, 5) is 39.5. The Kier molecular flexibility index (Phi) is 8.46. The first-order valence-electron chi connectivity index (χ1n) is 9.98. The number of carbonyl (C=O) groups is 3. The summed E-state index contributed by atoms with van der Waals surface area (Å²) in [6.07, 6.45) is 0. The van der Waals surface area contributed by atoms with Crippen molar-refractivity contribution in [3.8, 4) is 17.2 Å². The molecule has 0 saturated heterocycles. The Morgan fingerprint density at radius 2 is 1.47 bits per heavy atom. The number of ether oxygens (including phenoxy) is 3. The lowest BCUT2D eigenvalue weighted by atomic mass is 10.1. The first-order valence-corrected chi connectivity index (χ1v) is 9.98. The lowest BCUT2D eigenvalue weighted by Gasteiger charge is -2.23. The summed E-state index contributed by atoms with van der Waals surface area (Å²) in [5.41, 5.74) is 6.95. The summed E-state index contributed by atoms with van der Waals surface area (Å²) in [6, 6.07) is 10.2. The fraction of sp³-hybridized carbons (Fsp3) is 0.348. The number of hydrogen-bond donors (Lipinski definition) is 1. The number of carbonyl (C=O) groups excluding carboxylic acids is 3. The van der Waals surface area contributed by atoms with Gasteiger partial charge in [0.25, 0.3) is 17.7 Å². The Labute approximate surface area is 187 Å². The third-order valence-corrected chi connectivity index (χ3v) is 4.72. The molecule has 0 heterocycles. The minimum atomic E-state index is -0.648. The second-order valence-corrected chi connectivity index (χ2v) is 7.18. The predicted octanol–water partition coefficient (Wildman–Crippen LogP) is 1.93. The van der Waals surface area contributed by atoms with E-state index in [0.717, 1.165) is 5.56 Å². The summed E-state index contributed by atoms with van der Waals surface area (Å²) in [5, 5.41) is 0. The molecular weight excluding hydrogens is 414 g/mol. The number of methoxy groups -OCH3 is 2.